The summed E-state index contributed by atoms with van der Waals surface area (Å²) in [5.74, 6) is -1.08. The summed E-state index contributed by atoms with van der Waals surface area (Å²) < 4.78 is 5.53. The van der Waals surface area contributed by atoms with Crippen LogP contribution in [0.25, 0.3) is 11.1 Å². The minimum absolute atomic E-state index is 0.0791. The van der Waals surface area contributed by atoms with Gasteiger partial charge in [-0.05, 0) is 47.1 Å². The number of carboxylic acids is 1. The molecular weight excluding hydrogens is 440 g/mol. The molecule has 0 heterocycles. The second-order valence-corrected chi connectivity index (χ2v) is 8.98. The van der Waals surface area contributed by atoms with Gasteiger partial charge in [0, 0.05) is 5.92 Å². The van der Waals surface area contributed by atoms with Gasteiger partial charge >= 0.3 is 12.1 Å². The number of fused-ring (bicyclic) bond motifs is 3. The molecule has 0 aliphatic heterocycles. The molecule has 0 bridgehead atoms. The number of alkyl carbamates (subject to hydrolysis) is 1. The summed E-state index contributed by atoms with van der Waals surface area (Å²) in [6, 6.07) is 14.3. The van der Waals surface area contributed by atoms with Gasteiger partial charge in [0.05, 0.1) is 0 Å². The van der Waals surface area contributed by atoms with E-state index in [1.54, 1.807) is 0 Å². The summed E-state index contributed by atoms with van der Waals surface area (Å²) in [5, 5.41) is 14.5. The van der Waals surface area contributed by atoms with Crippen LogP contribution >= 0.6 is 11.8 Å². The Balaban J connectivity index is 1.62. The van der Waals surface area contributed by atoms with E-state index in [4.69, 9.17) is 4.74 Å². The molecule has 0 fully saturated rings. The van der Waals surface area contributed by atoms with Gasteiger partial charge in [-0.25, -0.2) is 9.59 Å². The van der Waals surface area contributed by atoms with Crippen LogP contribution in [0.1, 0.15) is 43.2 Å². The van der Waals surface area contributed by atoms with Crippen molar-refractivity contribution in [3.05, 3.63) is 59.7 Å². The number of carboxylic acid groups (broad SMARTS) is 1. The summed E-state index contributed by atoms with van der Waals surface area (Å²) >= 11 is 1.51. The molecule has 0 aromatic heterocycles. The third-order valence-electron chi connectivity index (χ3n) is 5.75. The number of amides is 2. The van der Waals surface area contributed by atoms with Crippen LogP contribution in [0.5, 0.6) is 0 Å². The van der Waals surface area contributed by atoms with Crippen LogP contribution in [0.3, 0.4) is 0 Å². The van der Waals surface area contributed by atoms with Crippen molar-refractivity contribution in [1.29, 1.82) is 0 Å². The number of carbonyl (C=O) groups is 3. The lowest BCUT2D eigenvalue weighted by atomic mass is 9.98. The Bertz CT molecular complexity index is 951. The molecule has 1 aliphatic carbocycles. The monoisotopic (exact) mass is 470 g/mol. The normalized spacial score (nSPS) is 14.0. The highest BCUT2D eigenvalue weighted by Gasteiger charge is 2.30. The van der Waals surface area contributed by atoms with E-state index < -0.39 is 30.1 Å². The number of hydrogen-bond donors (Lipinski definition) is 3. The van der Waals surface area contributed by atoms with Crippen molar-refractivity contribution in [2.24, 2.45) is 0 Å². The molecule has 2 aromatic carbocycles. The molecule has 2 atom stereocenters. The lowest BCUT2D eigenvalue weighted by Crippen LogP contribution is -2.51. The fourth-order valence-corrected chi connectivity index (χ4v) is 4.58. The number of ether oxygens (including phenoxy) is 1. The van der Waals surface area contributed by atoms with Crippen molar-refractivity contribution in [1.82, 2.24) is 10.6 Å². The predicted octanol–water partition coefficient (Wildman–Crippen LogP) is 4.02. The standard InChI is InChI=1S/C25H30N2O5S/c1-3-8-21(23(28)26-22(24(29)30)13-14-33-2)27-25(31)32-15-20-18-11-6-4-9-16(18)17-10-5-7-12-19(17)20/h4-7,9-12,20-22H,3,8,13-15H2,1-2H3,(H,26,28)(H,27,31)(H,29,30). The highest BCUT2D eigenvalue weighted by Crippen LogP contribution is 2.44. The van der Waals surface area contributed by atoms with Gasteiger partial charge in [-0.3, -0.25) is 4.79 Å². The van der Waals surface area contributed by atoms with Crippen LogP contribution in [0.4, 0.5) is 4.79 Å². The lowest BCUT2D eigenvalue weighted by molar-refractivity contribution is -0.142. The Hall–Kier alpha value is -3.00. The summed E-state index contributed by atoms with van der Waals surface area (Å²) in [6.45, 7) is 2.04. The molecule has 176 valence electrons. The van der Waals surface area contributed by atoms with E-state index in [2.05, 4.69) is 22.8 Å². The third kappa shape index (κ3) is 6.07. The first-order valence-electron chi connectivity index (χ1n) is 11.1. The molecule has 8 heteroatoms. The molecule has 2 aromatic rings. The molecular formula is C25H30N2O5S. The van der Waals surface area contributed by atoms with Gasteiger partial charge in [0.15, 0.2) is 0 Å². The van der Waals surface area contributed by atoms with Gasteiger partial charge in [-0.1, -0.05) is 61.9 Å². The first-order chi connectivity index (χ1) is 16.0. The minimum Gasteiger partial charge on any atom is -0.480 e. The van der Waals surface area contributed by atoms with E-state index in [1.165, 1.54) is 11.8 Å². The maximum absolute atomic E-state index is 12.7. The Morgan fingerprint density at radius 1 is 0.970 bits per heavy atom. The average Bonchev–Trinajstić information content (AvgIpc) is 3.13. The molecule has 0 radical (unpaired) electrons. The maximum atomic E-state index is 12.7. The van der Waals surface area contributed by atoms with Crippen LogP contribution in [-0.4, -0.2) is 53.8 Å². The first-order valence-corrected chi connectivity index (χ1v) is 12.5. The van der Waals surface area contributed by atoms with Crippen LogP contribution in [0.2, 0.25) is 0 Å². The van der Waals surface area contributed by atoms with E-state index in [0.717, 1.165) is 22.3 Å². The predicted molar refractivity (Wildman–Crippen MR) is 129 cm³/mol. The van der Waals surface area contributed by atoms with Gasteiger partial charge < -0.3 is 20.5 Å². The largest absolute Gasteiger partial charge is 0.480 e. The maximum Gasteiger partial charge on any atom is 0.407 e. The van der Waals surface area contributed by atoms with E-state index in [-0.39, 0.29) is 12.5 Å². The van der Waals surface area contributed by atoms with E-state index in [0.29, 0.717) is 25.0 Å². The average molecular weight is 471 g/mol. The van der Waals surface area contributed by atoms with Crippen LogP contribution in [0.15, 0.2) is 48.5 Å². The van der Waals surface area contributed by atoms with Crippen molar-refractivity contribution in [3.8, 4) is 11.1 Å². The van der Waals surface area contributed by atoms with Gasteiger partial charge in [0.2, 0.25) is 5.91 Å². The van der Waals surface area contributed by atoms with E-state index in [1.807, 2.05) is 49.6 Å². The topological polar surface area (TPSA) is 105 Å². The summed E-state index contributed by atoms with van der Waals surface area (Å²) in [7, 11) is 0. The Morgan fingerprint density at radius 3 is 2.12 bits per heavy atom. The molecule has 0 spiro atoms. The van der Waals surface area contributed by atoms with Crippen molar-refractivity contribution in [2.45, 2.75) is 44.2 Å². The van der Waals surface area contributed by atoms with Crippen molar-refractivity contribution < 1.29 is 24.2 Å². The van der Waals surface area contributed by atoms with Crippen LogP contribution in [-0.2, 0) is 14.3 Å². The molecule has 0 saturated carbocycles. The van der Waals surface area contributed by atoms with Crippen molar-refractivity contribution in [2.75, 3.05) is 18.6 Å². The van der Waals surface area contributed by atoms with Crippen LogP contribution < -0.4 is 10.6 Å². The van der Waals surface area contributed by atoms with Crippen molar-refractivity contribution in [3.63, 3.8) is 0 Å². The number of aliphatic carboxylic acids is 1. The Labute approximate surface area is 198 Å². The van der Waals surface area contributed by atoms with Gasteiger partial charge in [-0.15, -0.1) is 0 Å². The summed E-state index contributed by atoms with van der Waals surface area (Å²) in [6.07, 6.45) is 2.52. The van der Waals surface area contributed by atoms with Gasteiger partial charge in [0.1, 0.15) is 18.7 Å². The Kier molecular flexibility index (Phi) is 8.77. The van der Waals surface area contributed by atoms with E-state index in [9.17, 15) is 19.5 Å². The van der Waals surface area contributed by atoms with Gasteiger partial charge in [-0.2, -0.15) is 11.8 Å². The first kappa shape index (κ1) is 24.6. The number of carbonyl (C=O) groups excluding carboxylic acids is 2. The van der Waals surface area contributed by atoms with Crippen LogP contribution in [0, 0.1) is 0 Å². The molecule has 0 saturated heterocycles. The third-order valence-corrected chi connectivity index (χ3v) is 6.40. The zero-order chi connectivity index (χ0) is 23.8. The summed E-state index contributed by atoms with van der Waals surface area (Å²) in [4.78, 5) is 36.7. The second-order valence-electron chi connectivity index (χ2n) is 7.99. The van der Waals surface area contributed by atoms with E-state index >= 15 is 0 Å². The number of benzene rings is 2. The summed E-state index contributed by atoms with van der Waals surface area (Å²) in [5.41, 5.74) is 4.48. The molecule has 3 N–H and O–H groups in total. The number of thioether (sulfide) groups is 1. The van der Waals surface area contributed by atoms with Gasteiger partial charge in [0.25, 0.3) is 0 Å². The zero-order valence-corrected chi connectivity index (χ0v) is 19.7. The molecule has 7 nitrogen and oxygen atoms in total. The SMILES string of the molecule is CCCC(NC(=O)OCC1c2ccccc2-c2ccccc21)C(=O)NC(CCSC)C(=O)O. The number of rotatable bonds is 11. The Morgan fingerprint density at radius 2 is 1.58 bits per heavy atom. The number of hydrogen-bond acceptors (Lipinski definition) is 5. The molecule has 3 rings (SSSR count). The fourth-order valence-electron chi connectivity index (χ4n) is 4.11. The highest BCUT2D eigenvalue weighted by molar-refractivity contribution is 7.98. The quantitative estimate of drug-likeness (QED) is 0.458. The van der Waals surface area contributed by atoms with Crippen molar-refractivity contribution >= 4 is 29.7 Å². The molecule has 2 amide bonds. The highest BCUT2D eigenvalue weighted by atomic mass is 32.2. The minimum atomic E-state index is -1.09. The lowest BCUT2D eigenvalue weighted by Gasteiger charge is -2.21. The molecule has 1 aliphatic rings. The number of nitrogens with one attached hydrogen (secondary N) is 2. The molecule has 2 unspecified atom stereocenters. The smallest absolute Gasteiger partial charge is 0.407 e. The fraction of sp³-hybridized carbons (Fsp3) is 0.400. The molecule has 33 heavy (non-hydrogen) atoms. The second kappa shape index (κ2) is 11.7. The zero-order valence-electron chi connectivity index (χ0n) is 18.9.